The molecule has 1 aliphatic rings. The highest BCUT2D eigenvalue weighted by molar-refractivity contribution is 7.80. The van der Waals surface area contributed by atoms with Crippen molar-refractivity contribution in [3.8, 4) is 0 Å². The summed E-state index contributed by atoms with van der Waals surface area (Å²) < 4.78 is 5.37. The van der Waals surface area contributed by atoms with E-state index in [1.165, 1.54) is 0 Å². The molecular formula is C13H17ClN2OS. The lowest BCUT2D eigenvalue weighted by atomic mass is 10.0. The van der Waals surface area contributed by atoms with Gasteiger partial charge in [-0.15, -0.1) is 0 Å². The molecule has 0 unspecified atom stereocenters. The van der Waals surface area contributed by atoms with Gasteiger partial charge in [0.15, 0.2) is 0 Å². The lowest BCUT2D eigenvalue weighted by Crippen LogP contribution is -2.37. The van der Waals surface area contributed by atoms with Gasteiger partial charge in [0.2, 0.25) is 0 Å². The van der Waals surface area contributed by atoms with Gasteiger partial charge in [-0.05, 0) is 25.0 Å². The number of thiocarbonyl (C=S) groups is 1. The van der Waals surface area contributed by atoms with Gasteiger partial charge in [0, 0.05) is 25.9 Å². The first kappa shape index (κ1) is 13.6. The minimum atomic E-state index is 0.351. The minimum absolute atomic E-state index is 0.351. The number of hydrogen-bond donors (Lipinski definition) is 1. The van der Waals surface area contributed by atoms with Crippen LogP contribution in [0.1, 0.15) is 18.4 Å². The Balaban J connectivity index is 2.24. The van der Waals surface area contributed by atoms with E-state index in [0.29, 0.717) is 16.1 Å². The Hall–Kier alpha value is -0.840. The molecule has 0 saturated carbocycles. The number of nitrogens with two attached hydrogens (primary N) is 1. The van der Waals surface area contributed by atoms with Crippen molar-refractivity contribution in [3.05, 3.63) is 28.8 Å². The van der Waals surface area contributed by atoms with Gasteiger partial charge < -0.3 is 15.4 Å². The molecule has 5 heteroatoms. The van der Waals surface area contributed by atoms with Crippen LogP contribution >= 0.6 is 23.8 Å². The molecule has 0 radical (unpaired) electrons. The minimum Gasteiger partial charge on any atom is -0.389 e. The quantitative estimate of drug-likeness (QED) is 0.866. The molecule has 0 spiro atoms. The standard InChI is InChI=1S/C13H17ClN2OS/c1-17-9-5-7-16(8-6-9)11-4-2-3-10(14)12(11)13(15)18/h2-4,9H,5-8H2,1H3,(H2,15,18). The average molecular weight is 285 g/mol. The normalized spacial score (nSPS) is 16.9. The first-order valence-corrected chi connectivity index (χ1v) is 6.78. The molecule has 0 aromatic heterocycles. The van der Waals surface area contributed by atoms with E-state index in [4.69, 9.17) is 34.3 Å². The van der Waals surface area contributed by atoms with Crippen LogP contribution in [-0.2, 0) is 4.74 Å². The number of halogens is 1. The van der Waals surface area contributed by atoms with Crippen molar-refractivity contribution >= 4 is 34.5 Å². The fourth-order valence-electron chi connectivity index (χ4n) is 2.35. The van der Waals surface area contributed by atoms with E-state index in [0.717, 1.165) is 37.2 Å². The third-order valence-electron chi connectivity index (χ3n) is 3.35. The third kappa shape index (κ3) is 2.76. The molecule has 1 fully saturated rings. The zero-order chi connectivity index (χ0) is 13.1. The summed E-state index contributed by atoms with van der Waals surface area (Å²) in [6, 6.07) is 5.77. The van der Waals surface area contributed by atoms with Crippen molar-refractivity contribution in [2.24, 2.45) is 5.73 Å². The smallest absolute Gasteiger partial charge is 0.107 e. The summed E-state index contributed by atoms with van der Waals surface area (Å²) in [5, 5.41) is 0.619. The predicted molar refractivity (Wildman–Crippen MR) is 79.6 cm³/mol. The number of nitrogens with zero attached hydrogens (tertiary/aromatic N) is 1. The average Bonchev–Trinajstić information content (AvgIpc) is 2.38. The number of anilines is 1. The Labute approximate surface area is 118 Å². The van der Waals surface area contributed by atoms with Crippen molar-refractivity contribution in [2.45, 2.75) is 18.9 Å². The van der Waals surface area contributed by atoms with E-state index in [-0.39, 0.29) is 0 Å². The second kappa shape index (κ2) is 5.87. The Kier molecular flexibility index (Phi) is 4.43. The highest BCUT2D eigenvalue weighted by Gasteiger charge is 2.22. The fourth-order valence-corrected chi connectivity index (χ4v) is 2.89. The van der Waals surface area contributed by atoms with Crippen LogP contribution in [0.15, 0.2) is 18.2 Å². The zero-order valence-corrected chi connectivity index (χ0v) is 11.9. The van der Waals surface area contributed by atoms with Gasteiger partial charge in [-0.2, -0.15) is 0 Å². The Morgan fingerprint density at radius 3 is 2.67 bits per heavy atom. The van der Waals surface area contributed by atoms with E-state index >= 15 is 0 Å². The molecule has 2 N–H and O–H groups in total. The van der Waals surface area contributed by atoms with Gasteiger partial charge >= 0.3 is 0 Å². The van der Waals surface area contributed by atoms with Crippen molar-refractivity contribution in [1.82, 2.24) is 0 Å². The summed E-state index contributed by atoms with van der Waals surface area (Å²) in [6.07, 6.45) is 2.38. The summed E-state index contributed by atoms with van der Waals surface area (Å²) in [6.45, 7) is 1.88. The van der Waals surface area contributed by atoms with Gasteiger partial charge in [-0.3, -0.25) is 0 Å². The van der Waals surface area contributed by atoms with Crippen molar-refractivity contribution in [3.63, 3.8) is 0 Å². The van der Waals surface area contributed by atoms with E-state index < -0.39 is 0 Å². The highest BCUT2D eigenvalue weighted by atomic mass is 35.5. The number of hydrogen-bond acceptors (Lipinski definition) is 3. The zero-order valence-electron chi connectivity index (χ0n) is 10.4. The van der Waals surface area contributed by atoms with Crippen LogP contribution in [0.2, 0.25) is 5.02 Å². The van der Waals surface area contributed by atoms with Crippen LogP contribution in [0.25, 0.3) is 0 Å². The summed E-state index contributed by atoms with van der Waals surface area (Å²) in [5.41, 5.74) is 7.59. The summed E-state index contributed by atoms with van der Waals surface area (Å²) in [4.78, 5) is 2.63. The fraction of sp³-hybridized carbons (Fsp3) is 0.462. The maximum Gasteiger partial charge on any atom is 0.107 e. The van der Waals surface area contributed by atoms with Crippen LogP contribution in [-0.4, -0.2) is 31.3 Å². The van der Waals surface area contributed by atoms with Crippen molar-refractivity contribution in [2.75, 3.05) is 25.1 Å². The van der Waals surface area contributed by atoms with E-state index in [9.17, 15) is 0 Å². The molecule has 1 aromatic carbocycles. The summed E-state index contributed by atoms with van der Waals surface area (Å²) in [7, 11) is 1.76. The van der Waals surface area contributed by atoms with Crippen LogP contribution in [0.5, 0.6) is 0 Å². The number of methoxy groups -OCH3 is 1. The SMILES string of the molecule is COC1CCN(c2cccc(Cl)c2C(N)=S)CC1. The van der Waals surface area contributed by atoms with E-state index in [1.807, 2.05) is 18.2 Å². The Bertz CT molecular complexity index is 445. The predicted octanol–water partition coefficient (Wildman–Crippen LogP) is 2.59. The van der Waals surface area contributed by atoms with Crippen LogP contribution in [0.4, 0.5) is 5.69 Å². The lowest BCUT2D eigenvalue weighted by molar-refractivity contribution is 0.0819. The van der Waals surface area contributed by atoms with Gasteiger partial charge in [0.05, 0.1) is 16.7 Å². The number of benzene rings is 1. The van der Waals surface area contributed by atoms with E-state index in [1.54, 1.807) is 7.11 Å². The monoisotopic (exact) mass is 284 g/mol. The van der Waals surface area contributed by atoms with Gasteiger partial charge in [-0.25, -0.2) is 0 Å². The molecular weight excluding hydrogens is 268 g/mol. The number of ether oxygens (including phenoxy) is 1. The molecule has 0 atom stereocenters. The molecule has 98 valence electrons. The molecule has 1 heterocycles. The molecule has 0 bridgehead atoms. The largest absolute Gasteiger partial charge is 0.389 e. The molecule has 1 aliphatic heterocycles. The van der Waals surface area contributed by atoms with Crippen molar-refractivity contribution in [1.29, 1.82) is 0 Å². The maximum absolute atomic E-state index is 6.18. The molecule has 18 heavy (non-hydrogen) atoms. The molecule has 0 amide bonds. The number of piperidine rings is 1. The Morgan fingerprint density at radius 2 is 2.11 bits per heavy atom. The van der Waals surface area contributed by atoms with Gasteiger partial charge in [0.25, 0.3) is 0 Å². The van der Waals surface area contributed by atoms with Crippen LogP contribution < -0.4 is 10.6 Å². The summed E-state index contributed by atoms with van der Waals surface area (Å²) >= 11 is 11.3. The lowest BCUT2D eigenvalue weighted by Gasteiger charge is -2.34. The molecule has 1 aromatic rings. The summed E-state index contributed by atoms with van der Waals surface area (Å²) in [5.74, 6) is 0. The van der Waals surface area contributed by atoms with Crippen LogP contribution in [0.3, 0.4) is 0 Å². The Morgan fingerprint density at radius 1 is 1.44 bits per heavy atom. The first-order valence-electron chi connectivity index (χ1n) is 5.99. The first-order chi connectivity index (χ1) is 8.63. The van der Waals surface area contributed by atoms with Crippen LogP contribution in [0, 0.1) is 0 Å². The van der Waals surface area contributed by atoms with Gasteiger partial charge in [0.1, 0.15) is 4.99 Å². The second-order valence-electron chi connectivity index (χ2n) is 4.42. The third-order valence-corrected chi connectivity index (χ3v) is 3.87. The van der Waals surface area contributed by atoms with E-state index in [2.05, 4.69) is 4.90 Å². The molecule has 3 nitrogen and oxygen atoms in total. The second-order valence-corrected chi connectivity index (χ2v) is 5.27. The van der Waals surface area contributed by atoms with Gasteiger partial charge in [-0.1, -0.05) is 29.9 Å². The maximum atomic E-state index is 6.18. The molecule has 1 saturated heterocycles. The molecule has 0 aliphatic carbocycles. The molecule has 2 rings (SSSR count). The van der Waals surface area contributed by atoms with Crippen molar-refractivity contribution < 1.29 is 4.74 Å². The highest BCUT2D eigenvalue weighted by Crippen LogP contribution is 2.29. The topological polar surface area (TPSA) is 38.5 Å². The number of rotatable bonds is 3.